The Kier molecular flexibility index (Phi) is 59.5. The fourth-order valence-electron chi connectivity index (χ4n) is 9.66. The summed E-state index contributed by atoms with van der Waals surface area (Å²) in [6.45, 7) is 4.87. The summed E-state index contributed by atoms with van der Waals surface area (Å²) < 4.78 is 5.47. The lowest BCUT2D eigenvalue weighted by Crippen LogP contribution is -2.45. The van der Waals surface area contributed by atoms with Crippen LogP contribution in [0.3, 0.4) is 0 Å². The summed E-state index contributed by atoms with van der Waals surface area (Å²) in [4.78, 5) is 24.6. The van der Waals surface area contributed by atoms with E-state index in [-0.39, 0.29) is 18.5 Å². The van der Waals surface area contributed by atoms with Crippen LogP contribution in [-0.4, -0.2) is 47.4 Å². The molecule has 6 nitrogen and oxygen atoms in total. The number of unbranched alkanes of at least 4 members (excludes halogenated alkanes) is 42. The number of rotatable bonds is 59. The molecule has 0 spiro atoms. The standard InChI is InChI=1S/C66H123NO5/c1-3-5-7-9-11-13-15-17-19-21-23-26-30-34-38-42-46-50-54-58-64(69)63(62-68)67-65(70)59-55-51-47-43-39-35-31-27-25-29-33-37-41-45-49-53-57-61-72-66(71)60-56-52-48-44-40-36-32-28-24-22-20-18-16-14-12-10-8-6-4-2/h18,20,25,29,37,41,54,58,63-64,68-69H,3-17,19,21-24,26-28,30-36,38-40,42-53,55-57,59-62H2,1-2H3,(H,67,70)/b20-18-,29-25-,41-37-,58-54+. The third-order valence-electron chi connectivity index (χ3n) is 14.6. The van der Waals surface area contributed by atoms with Crippen LogP contribution in [0.5, 0.6) is 0 Å². The molecule has 0 bridgehead atoms. The number of esters is 1. The van der Waals surface area contributed by atoms with Gasteiger partial charge in [-0.25, -0.2) is 0 Å². The molecule has 72 heavy (non-hydrogen) atoms. The number of hydrogen-bond donors (Lipinski definition) is 3. The van der Waals surface area contributed by atoms with E-state index in [0.717, 1.165) is 83.5 Å². The van der Waals surface area contributed by atoms with Crippen molar-refractivity contribution in [3.63, 3.8) is 0 Å². The summed E-state index contributed by atoms with van der Waals surface area (Å²) in [6, 6.07) is -0.642. The van der Waals surface area contributed by atoms with E-state index in [9.17, 15) is 19.8 Å². The number of ether oxygens (including phenoxy) is 1. The molecule has 0 aliphatic heterocycles. The lowest BCUT2D eigenvalue weighted by molar-refractivity contribution is -0.143. The maximum absolute atomic E-state index is 12.5. The van der Waals surface area contributed by atoms with Crippen LogP contribution < -0.4 is 5.32 Å². The normalized spacial score (nSPS) is 12.9. The van der Waals surface area contributed by atoms with Crippen LogP contribution in [0.2, 0.25) is 0 Å². The zero-order chi connectivity index (χ0) is 52.2. The summed E-state index contributed by atoms with van der Waals surface area (Å²) >= 11 is 0. The molecule has 0 fully saturated rings. The molecule has 0 saturated heterocycles. The Morgan fingerprint density at radius 2 is 0.694 bits per heavy atom. The monoisotopic (exact) mass is 1010 g/mol. The summed E-state index contributed by atoms with van der Waals surface area (Å²) in [5.41, 5.74) is 0. The van der Waals surface area contributed by atoms with Crippen LogP contribution in [-0.2, 0) is 14.3 Å². The van der Waals surface area contributed by atoms with Crippen molar-refractivity contribution in [2.45, 2.75) is 347 Å². The number of nitrogens with one attached hydrogen (secondary N) is 1. The van der Waals surface area contributed by atoms with E-state index in [4.69, 9.17) is 4.74 Å². The minimum Gasteiger partial charge on any atom is -0.466 e. The van der Waals surface area contributed by atoms with Gasteiger partial charge in [0.05, 0.1) is 25.4 Å². The van der Waals surface area contributed by atoms with E-state index in [2.05, 4.69) is 55.6 Å². The summed E-state index contributed by atoms with van der Waals surface area (Å²) in [6.07, 6.45) is 78.6. The molecular weight excluding hydrogens is 887 g/mol. The van der Waals surface area contributed by atoms with Crippen LogP contribution in [0.1, 0.15) is 335 Å². The van der Waals surface area contributed by atoms with Gasteiger partial charge in [-0.3, -0.25) is 9.59 Å². The SMILES string of the molecule is CCCCCCCC/C=C\CCCCCCCCCCCC(=O)OCCCCC/C=C\C/C=C\CCCCCCCCCC(=O)NC(CO)C(O)/C=C/CCCCCCCCCCCCCCCCCCC. The third-order valence-corrected chi connectivity index (χ3v) is 14.6. The van der Waals surface area contributed by atoms with E-state index >= 15 is 0 Å². The van der Waals surface area contributed by atoms with Gasteiger partial charge in [0.1, 0.15) is 0 Å². The molecule has 3 N–H and O–H groups in total. The lowest BCUT2D eigenvalue weighted by atomic mass is 10.0. The first kappa shape index (κ1) is 69.8. The Morgan fingerprint density at radius 1 is 0.389 bits per heavy atom. The zero-order valence-corrected chi connectivity index (χ0v) is 48.2. The van der Waals surface area contributed by atoms with Crippen LogP contribution in [0.25, 0.3) is 0 Å². The van der Waals surface area contributed by atoms with Crippen molar-refractivity contribution in [2.24, 2.45) is 0 Å². The van der Waals surface area contributed by atoms with E-state index in [1.165, 1.54) is 225 Å². The van der Waals surface area contributed by atoms with Gasteiger partial charge in [-0.15, -0.1) is 0 Å². The summed E-state index contributed by atoms with van der Waals surface area (Å²) in [7, 11) is 0. The number of aliphatic hydroxyl groups is 2. The molecule has 0 aromatic rings. The van der Waals surface area contributed by atoms with E-state index in [1.54, 1.807) is 6.08 Å². The second kappa shape index (κ2) is 61.4. The van der Waals surface area contributed by atoms with Crippen molar-refractivity contribution < 1.29 is 24.5 Å². The van der Waals surface area contributed by atoms with Gasteiger partial charge in [0.2, 0.25) is 5.91 Å². The predicted molar refractivity (Wildman–Crippen MR) is 315 cm³/mol. The summed E-state index contributed by atoms with van der Waals surface area (Å²) in [5, 5.41) is 23.2. The maximum Gasteiger partial charge on any atom is 0.305 e. The average Bonchev–Trinajstić information content (AvgIpc) is 3.38. The molecule has 0 radical (unpaired) electrons. The van der Waals surface area contributed by atoms with Gasteiger partial charge in [-0.05, 0) is 96.3 Å². The average molecular weight is 1010 g/mol. The number of amides is 1. The first-order chi connectivity index (χ1) is 35.5. The van der Waals surface area contributed by atoms with Crippen molar-refractivity contribution in [1.29, 1.82) is 0 Å². The fraction of sp³-hybridized carbons (Fsp3) is 0.848. The topological polar surface area (TPSA) is 95.9 Å². The van der Waals surface area contributed by atoms with Crippen molar-refractivity contribution in [3.8, 4) is 0 Å². The number of carbonyl (C=O) groups excluding carboxylic acids is 2. The van der Waals surface area contributed by atoms with E-state index in [1.807, 2.05) is 6.08 Å². The van der Waals surface area contributed by atoms with Gasteiger partial charge in [0.15, 0.2) is 0 Å². The second-order valence-corrected chi connectivity index (χ2v) is 21.7. The molecule has 2 unspecified atom stereocenters. The van der Waals surface area contributed by atoms with Gasteiger partial charge in [0, 0.05) is 12.8 Å². The maximum atomic E-state index is 12.5. The molecule has 0 aromatic carbocycles. The van der Waals surface area contributed by atoms with Crippen molar-refractivity contribution in [2.75, 3.05) is 13.2 Å². The zero-order valence-electron chi connectivity index (χ0n) is 48.2. The van der Waals surface area contributed by atoms with Gasteiger partial charge < -0.3 is 20.3 Å². The minimum atomic E-state index is -0.857. The largest absolute Gasteiger partial charge is 0.466 e. The molecule has 422 valence electrons. The molecule has 0 rings (SSSR count). The quantitative estimate of drug-likeness (QED) is 0.0320. The summed E-state index contributed by atoms with van der Waals surface area (Å²) in [5.74, 6) is -0.0993. The third kappa shape index (κ3) is 57.1. The van der Waals surface area contributed by atoms with Crippen LogP contribution in [0, 0.1) is 0 Å². The molecule has 0 aliphatic carbocycles. The van der Waals surface area contributed by atoms with Crippen LogP contribution in [0.15, 0.2) is 48.6 Å². The number of carbonyl (C=O) groups is 2. The van der Waals surface area contributed by atoms with Crippen molar-refractivity contribution in [1.82, 2.24) is 5.32 Å². The van der Waals surface area contributed by atoms with E-state index < -0.39 is 12.1 Å². The molecule has 6 heteroatoms. The van der Waals surface area contributed by atoms with Crippen LogP contribution >= 0.6 is 0 Å². The number of allylic oxidation sites excluding steroid dienone is 7. The molecule has 0 heterocycles. The van der Waals surface area contributed by atoms with E-state index in [0.29, 0.717) is 19.4 Å². The second-order valence-electron chi connectivity index (χ2n) is 21.7. The Balaban J connectivity index is 3.51. The highest BCUT2D eigenvalue weighted by atomic mass is 16.5. The molecule has 0 saturated carbocycles. The predicted octanol–water partition coefficient (Wildman–Crippen LogP) is 20.1. The highest BCUT2D eigenvalue weighted by molar-refractivity contribution is 5.76. The Labute approximate surface area is 448 Å². The molecule has 1 amide bonds. The smallest absolute Gasteiger partial charge is 0.305 e. The molecule has 0 aliphatic rings. The highest BCUT2D eigenvalue weighted by Crippen LogP contribution is 2.17. The van der Waals surface area contributed by atoms with Crippen molar-refractivity contribution >= 4 is 11.9 Å². The van der Waals surface area contributed by atoms with Gasteiger partial charge in [0.25, 0.3) is 0 Å². The fourth-order valence-corrected chi connectivity index (χ4v) is 9.66. The minimum absolute atomic E-state index is 0.0168. The van der Waals surface area contributed by atoms with Gasteiger partial charge in [-0.1, -0.05) is 274 Å². The molecule has 2 atom stereocenters. The number of aliphatic hydroxyl groups excluding tert-OH is 2. The number of hydrogen-bond acceptors (Lipinski definition) is 5. The Hall–Kier alpha value is -2.18. The first-order valence-electron chi connectivity index (χ1n) is 31.9. The lowest BCUT2D eigenvalue weighted by Gasteiger charge is -2.20. The van der Waals surface area contributed by atoms with Crippen LogP contribution in [0.4, 0.5) is 0 Å². The highest BCUT2D eigenvalue weighted by Gasteiger charge is 2.18. The van der Waals surface area contributed by atoms with Gasteiger partial charge in [-0.2, -0.15) is 0 Å². The van der Waals surface area contributed by atoms with Gasteiger partial charge >= 0.3 is 5.97 Å². The Bertz CT molecular complexity index is 1210. The van der Waals surface area contributed by atoms with Crippen molar-refractivity contribution in [3.05, 3.63) is 48.6 Å². The first-order valence-corrected chi connectivity index (χ1v) is 31.9. The molecular formula is C66H123NO5. The Morgan fingerprint density at radius 3 is 1.07 bits per heavy atom. The molecule has 0 aromatic heterocycles.